The summed E-state index contributed by atoms with van der Waals surface area (Å²) < 4.78 is 15.5. The number of hydrogen-bond acceptors (Lipinski definition) is 7. The van der Waals surface area contributed by atoms with Gasteiger partial charge >= 0.3 is 5.97 Å². The molecule has 0 aliphatic carbocycles. The summed E-state index contributed by atoms with van der Waals surface area (Å²) in [6.07, 6.45) is 2.60. The summed E-state index contributed by atoms with van der Waals surface area (Å²) >= 11 is 7.34. The van der Waals surface area contributed by atoms with Gasteiger partial charge in [0.15, 0.2) is 18.1 Å². The molecule has 2 rings (SSSR count). The number of amides is 2. The van der Waals surface area contributed by atoms with Crippen LogP contribution in [0.4, 0.5) is 0 Å². The third-order valence-electron chi connectivity index (χ3n) is 3.29. The predicted octanol–water partition coefficient (Wildman–Crippen LogP) is 3.32. The topological polar surface area (TPSA) is 90.9 Å². The molecule has 2 amide bonds. The zero-order valence-corrected chi connectivity index (χ0v) is 16.8. The molecule has 1 heterocycles. The Morgan fingerprint density at radius 1 is 1.29 bits per heavy atom. The third-order valence-corrected chi connectivity index (χ3v) is 4.44. The highest BCUT2D eigenvalue weighted by Gasteiger charge is 2.13. The van der Waals surface area contributed by atoms with Gasteiger partial charge in [-0.3, -0.25) is 14.9 Å². The van der Waals surface area contributed by atoms with E-state index in [0.717, 1.165) is 6.08 Å². The molecule has 9 heteroatoms. The number of halogens is 1. The van der Waals surface area contributed by atoms with E-state index in [2.05, 4.69) is 5.32 Å². The number of benzene rings is 1. The lowest BCUT2D eigenvalue weighted by Crippen LogP contribution is -2.33. The minimum absolute atomic E-state index is 0.327. The first-order valence-corrected chi connectivity index (χ1v) is 9.43. The summed E-state index contributed by atoms with van der Waals surface area (Å²) in [6, 6.07) is 6.53. The Hall–Kier alpha value is -2.84. The van der Waals surface area contributed by atoms with Gasteiger partial charge in [0, 0.05) is 6.08 Å². The van der Waals surface area contributed by atoms with Crippen molar-refractivity contribution in [2.45, 2.75) is 6.92 Å². The maximum absolute atomic E-state index is 11.8. The number of rotatable bonds is 8. The summed E-state index contributed by atoms with van der Waals surface area (Å²) in [5.41, 5.74) is 0.587. The van der Waals surface area contributed by atoms with Crippen molar-refractivity contribution in [2.24, 2.45) is 0 Å². The summed E-state index contributed by atoms with van der Waals surface area (Å²) in [4.78, 5) is 35.6. The molecule has 0 fully saturated rings. The number of imide groups is 1. The first-order chi connectivity index (χ1) is 13.4. The van der Waals surface area contributed by atoms with Crippen molar-refractivity contribution in [3.8, 4) is 11.5 Å². The van der Waals surface area contributed by atoms with Gasteiger partial charge in [0.1, 0.15) is 0 Å². The van der Waals surface area contributed by atoms with E-state index in [1.807, 2.05) is 6.92 Å². The molecular weight excluding hydrogens is 406 g/mol. The number of ether oxygens (including phenoxy) is 3. The van der Waals surface area contributed by atoms with Crippen LogP contribution in [0, 0.1) is 0 Å². The second kappa shape index (κ2) is 10.5. The van der Waals surface area contributed by atoms with Crippen molar-refractivity contribution in [3.05, 3.63) is 51.2 Å². The molecule has 0 bridgehead atoms. The predicted molar refractivity (Wildman–Crippen MR) is 106 cm³/mol. The van der Waals surface area contributed by atoms with Crippen LogP contribution in [0.5, 0.6) is 11.5 Å². The normalized spacial score (nSPS) is 10.5. The number of thiophene rings is 1. The van der Waals surface area contributed by atoms with E-state index in [1.165, 1.54) is 24.5 Å². The highest BCUT2D eigenvalue weighted by atomic mass is 35.5. The van der Waals surface area contributed by atoms with Gasteiger partial charge in [0.25, 0.3) is 11.8 Å². The summed E-state index contributed by atoms with van der Waals surface area (Å²) in [5, 5.41) is 4.18. The number of methoxy groups -OCH3 is 1. The van der Waals surface area contributed by atoms with Gasteiger partial charge < -0.3 is 14.2 Å². The molecule has 0 aliphatic rings. The lowest BCUT2D eigenvalue weighted by Gasteiger charge is -2.11. The average molecular weight is 424 g/mol. The molecule has 7 nitrogen and oxygen atoms in total. The molecule has 1 N–H and O–H groups in total. The fourth-order valence-electron chi connectivity index (χ4n) is 2.13. The van der Waals surface area contributed by atoms with Crippen LogP contribution >= 0.6 is 22.9 Å². The molecule has 28 heavy (non-hydrogen) atoms. The van der Waals surface area contributed by atoms with Crippen LogP contribution in [0.1, 0.15) is 22.2 Å². The Balaban J connectivity index is 1.91. The molecule has 0 spiro atoms. The van der Waals surface area contributed by atoms with E-state index in [4.69, 9.17) is 25.8 Å². The molecule has 2 aromatic rings. The lowest BCUT2D eigenvalue weighted by atomic mass is 10.2. The number of carbonyl (C=O) groups is 3. The molecule has 1 aromatic heterocycles. The van der Waals surface area contributed by atoms with E-state index in [-0.39, 0.29) is 0 Å². The Kier molecular flexibility index (Phi) is 8.03. The Bertz CT molecular complexity index is 879. The maximum atomic E-state index is 11.8. The fourth-order valence-corrected chi connectivity index (χ4v) is 3.04. The van der Waals surface area contributed by atoms with Gasteiger partial charge in [-0.1, -0.05) is 17.7 Å². The average Bonchev–Trinajstić information content (AvgIpc) is 3.20. The highest BCUT2D eigenvalue weighted by molar-refractivity contribution is 7.12. The monoisotopic (exact) mass is 423 g/mol. The van der Waals surface area contributed by atoms with Crippen molar-refractivity contribution >= 4 is 46.8 Å². The van der Waals surface area contributed by atoms with E-state index in [1.54, 1.807) is 29.6 Å². The first-order valence-electron chi connectivity index (χ1n) is 8.17. The van der Waals surface area contributed by atoms with E-state index in [9.17, 15) is 14.4 Å². The molecular formula is C19H18ClNO6S. The highest BCUT2D eigenvalue weighted by Crippen LogP contribution is 2.36. The Morgan fingerprint density at radius 2 is 2.07 bits per heavy atom. The number of hydrogen-bond donors (Lipinski definition) is 1. The van der Waals surface area contributed by atoms with Gasteiger partial charge in [0.2, 0.25) is 0 Å². The molecule has 148 valence electrons. The summed E-state index contributed by atoms with van der Waals surface area (Å²) in [5.74, 6) is -1.16. The van der Waals surface area contributed by atoms with Crippen LogP contribution in [-0.2, 0) is 14.3 Å². The lowest BCUT2D eigenvalue weighted by molar-refractivity contribution is -0.143. The van der Waals surface area contributed by atoms with Gasteiger partial charge in [0.05, 0.1) is 23.6 Å². The zero-order chi connectivity index (χ0) is 20.5. The quantitative estimate of drug-likeness (QED) is 0.517. The Labute approximate surface area is 170 Å². The van der Waals surface area contributed by atoms with Crippen molar-refractivity contribution in [2.75, 3.05) is 20.3 Å². The molecule has 0 unspecified atom stereocenters. The van der Waals surface area contributed by atoms with Crippen molar-refractivity contribution < 1.29 is 28.6 Å². The molecule has 0 saturated heterocycles. The van der Waals surface area contributed by atoms with Gasteiger partial charge in [-0.15, -0.1) is 11.3 Å². The van der Waals surface area contributed by atoms with Gasteiger partial charge in [-0.05, 0) is 42.1 Å². The van der Waals surface area contributed by atoms with Crippen LogP contribution in [0.15, 0.2) is 35.7 Å². The van der Waals surface area contributed by atoms with E-state index in [0.29, 0.717) is 33.6 Å². The molecule has 1 aromatic carbocycles. The summed E-state index contributed by atoms with van der Waals surface area (Å²) in [6.45, 7) is 1.66. The third kappa shape index (κ3) is 6.11. The standard InChI is InChI=1S/C19H18ClNO6S/c1-3-26-14-10-12(9-13(20)18(14)25-2)6-7-17(23)27-11-16(22)21-19(24)15-5-4-8-28-15/h4-10H,3,11H2,1-2H3,(H,21,22,24)/b7-6+. The molecule has 0 atom stereocenters. The minimum atomic E-state index is -0.747. The molecule has 0 radical (unpaired) electrons. The van der Waals surface area contributed by atoms with Crippen LogP contribution in [-0.4, -0.2) is 38.1 Å². The van der Waals surface area contributed by atoms with Crippen molar-refractivity contribution in [1.82, 2.24) is 5.32 Å². The maximum Gasteiger partial charge on any atom is 0.331 e. The SMILES string of the molecule is CCOc1cc(/C=C/C(=O)OCC(=O)NC(=O)c2cccs2)cc(Cl)c1OC. The van der Waals surface area contributed by atoms with Crippen molar-refractivity contribution in [3.63, 3.8) is 0 Å². The van der Waals surface area contributed by atoms with Crippen LogP contribution in [0.2, 0.25) is 5.02 Å². The zero-order valence-electron chi connectivity index (χ0n) is 15.2. The van der Waals surface area contributed by atoms with Gasteiger partial charge in [-0.25, -0.2) is 4.79 Å². The van der Waals surface area contributed by atoms with Crippen molar-refractivity contribution in [1.29, 1.82) is 0 Å². The second-order valence-corrected chi connectivity index (χ2v) is 6.62. The Morgan fingerprint density at radius 3 is 2.71 bits per heavy atom. The van der Waals surface area contributed by atoms with Gasteiger partial charge in [-0.2, -0.15) is 0 Å². The molecule has 0 saturated carbocycles. The van der Waals surface area contributed by atoms with E-state index >= 15 is 0 Å². The van der Waals surface area contributed by atoms with E-state index < -0.39 is 24.4 Å². The second-order valence-electron chi connectivity index (χ2n) is 5.26. The first kappa shape index (κ1) is 21.5. The van der Waals surface area contributed by atoms with Crippen LogP contribution in [0.25, 0.3) is 6.08 Å². The number of nitrogens with one attached hydrogen (secondary N) is 1. The summed E-state index contributed by atoms with van der Waals surface area (Å²) in [7, 11) is 1.48. The fraction of sp³-hybridized carbons (Fsp3) is 0.211. The van der Waals surface area contributed by atoms with Crippen LogP contribution in [0.3, 0.4) is 0 Å². The van der Waals surface area contributed by atoms with Crippen LogP contribution < -0.4 is 14.8 Å². The number of carbonyl (C=O) groups excluding carboxylic acids is 3. The molecule has 0 aliphatic heterocycles. The smallest absolute Gasteiger partial charge is 0.331 e. The number of esters is 1. The minimum Gasteiger partial charge on any atom is -0.491 e. The largest absolute Gasteiger partial charge is 0.491 e.